The van der Waals surface area contributed by atoms with Gasteiger partial charge in [-0.2, -0.15) is 13.2 Å². The van der Waals surface area contributed by atoms with Crippen molar-refractivity contribution in [2.24, 2.45) is 0 Å². The zero-order valence-electron chi connectivity index (χ0n) is 18.1. The number of piperidine rings is 1. The molecule has 0 spiro atoms. The Morgan fingerprint density at radius 1 is 1.00 bits per heavy atom. The zero-order chi connectivity index (χ0) is 23.6. The highest BCUT2D eigenvalue weighted by molar-refractivity contribution is 5.94. The second kappa shape index (κ2) is 9.05. The number of hydrogen-bond donors (Lipinski definition) is 0. The van der Waals surface area contributed by atoms with Gasteiger partial charge in [0.1, 0.15) is 11.9 Å². The Balaban J connectivity index is 1.31. The van der Waals surface area contributed by atoms with Crippen molar-refractivity contribution in [3.63, 3.8) is 0 Å². The number of nitrogens with zero attached hydrogens (tertiary/aromatic N) is 1. The number of hydrogen-bond acceptors (Lipinski definition) is 5. The van der Waals surface area contributed by atoms with E-state index in [-0.39, 0.29) is 31.2 Å². The monoisotopic (exact) mass is 463 g/mol. The van der Waals surface area contributed by atoms with Gasteiger partial charge >= 0.3 is 12.1 Å². The van der Waals surface area contributed by atoms with E-state index in [0.717, 1.165) is 17.7 Å². The summed E-state index contributed by atoms with van der Waals surface area (Å²) in [7, 11) is 0. The van der Waals surface area contributed by atoms with E-state index in [1.54, 1.807) is 29.2 Å². The molecule has 4 rings (SSSR count). The number of alkyl halides is 3. The van der Waals surface area contributed by atoms with Crippen LogP contribution in [0, 0.1) is 0 Å². The van der Waals surface area contributed by atoms with Crippen molar-refractivity contribution in [3.05, 3.63) is 65.2 Å². The molecular formula is C24H24F3NO5. The SMILES string of the molecule is CC(=O)OC1(c2ccc(C(=O)N3CCC(Oc4ccc(C(F)(F)F)cc4)CC3)cc2)COC1. The van der Waals surface area contributed by atoms with Crippen LogP contribution in [0.2, 0.25) is 0 Å². The van der Waals surface area contributed by atoms with Gasteiger partial charge in [-0.05, 0) is 36.4 Å². The first-order valence-corrected chi connectivity index (χ1v) is 10.7. The molecule has 2 aliphatic heterocycles. The van der Waals surface area contributed by atoms with Gasteiger partial charge in [-0.15, -0.1) is 0 Å². The van der Waals surface area contributed by atoms with Crippen molar-refractivity contribution in [2.75, 3.05) is 26.3 Å². The molecule has 2 aliphatic rings. The molecule has 0 bridgehead atoms. The Morgan fingerprint density at radius 3 is 2.09 bits per heavy atom. The van der Waals surface area contributed by atoms with Gasteiger partial charge in [0.15, 0.2) is 5.60 Å². The van der Waals surface area contributed by atoms with Gasteiger partial charge < -0.3 is 19.1 Å². The molecule has 0 unspecified atom stereocenters. The van der Waals surface area contributed by atoms with Gasteiger partial charge in [-0.3, -0.25) is 9.59 Å². The molecular weight excluding hydrogens is 439 g/mol. The van der Waals surface area contributed by atoms with Crippen LogP contribution >= 0.6 is 0 Å². The summed E-state index contributed by atoms with van der Waals surface area (Å²) in [5.74, 6) is -0.120. The summed E-state index contributed by atoms with van der Waals surface area (Å²) in [6, 6.07) is 11.6. The molecule has 2 saturated heterocycles. The number of likely N-dealkylation sites (tertiary alicyclic amines) is 1. The van der Waals surface area contributed by atoms with E-state index >= 15 is 0 Å². The van der Waals surface area contributed by atoms with Crippen LogP contribution in [0.25, 0.3) is 0 Å². The van der Waals surface area contributed by atoms with Gasteiger partial charge in [0.25, 0.3) is 5.91 Å². The predicted molar refractivity (Wildman–Crippen MR) is 112 cm³/mol. The van der Waals surface area contributed by atoms with Crippen molar-refractivity contribution in [1.82, 2.24) is 4.90 Å². The van der Waals surface area contributed by atoms with Gasteiger partial charge in [0, 0.05) is 44.0 Å². The van der Waals surface area contributed by atoms with Gasteiger partial charge in [-0.25, -0.2) is 0 Å². The maximum atomic E-state index is 12.9. The number of esters is 1. The highest BCUT2D eigenvalue weighted by atomic mass is 19.4. The summed E-state index contributed by atoms with van der Waals surface area (Å²) < 4.78 is 54.5. The second-order valence-corrected chi connectivity index (χ2v) is 8.29. The van der Waals surface area contributed by atoms with Crippen LogP contribution in [0.4, 0.5) is 13.2 Å². The lowest BCUT2D eigenvalue weighted by Gasteiger charge is -2.40. The van der Waals surface area contributed by atoms with E-state index in [0.29, 0.717) is 37.2 Å². The van der Waals surface area contributed by atoms with E-state index in [1.165, 1.54) is 19.1 Å². The summed E-state index contributed by atoms with van der Waals surface area (Å²) in [6.07, 6.45) is -3.39. The second-order valence-electron chi connectivity index (χ2n) is 8.29. The van der Waals surface area contributed by atoms with Crippen LogP contribution in [0.5, 0.6) is 5.75 Å². The highest BCUT2D eigenvalue weighted by Crippen LogP contribution is 2.34. The highest BCUT2D eigenvalue weighted by Gasteiger charge is 2.44. The smallest absolute Gasteiger partial charge is 0.416 e. The largest absolute Gasteiger partial charge is 0.490 e. The third-order valence-corrected chi connectivity index (χ3v) is 5.88. The van der Waals surface area contributed by atoms with Gasteiger partial charge in [0.05, 0.1) is 18.8 Å². The van der Waals surface area contributed by atoms with E-state index in [1.807, 2.05) is 0 Å². The molecule has 33 heavy (non-hydrogen) atoms. The minimum atomic E-state index is -4.38. The molecule has 2 heterocycles. The fraction of sp³-hybridized carbons (Fsp3) is 0.417. The third-order valence-electron chi connectivity index (χ3n) is 5.88. The molecule has 0 aromatic heterocycles. The fourth-order valence-electron chi connectivity index (χ4n) is 4.04. The van der Waals surface area contributed by atoms with Crippen LogP contribution in [0.3, 0.4) is 0 Å². The third kappa shape index (κ3) is 5.13. The first kappa shape index (κ1) is 23.1. The molecule has 0 N–H and O–H groups in total. The molecule has 1 amide bonds. The first-order chi connectivity index (χ1) is 15.7. The molecule has 9 heteroatoms. The maximum Gasteiger partial charge on any atom is 0.416 e. The van der Waals surface area contributed by atoms with Crippen LogP contribution < -0.4 is 4.74 Å². The number of carbonyl (C=O) groups is 2. The summed E-state index contributed by atoms with van der Waals surface area (Å²) in [4.78, 5) is 26.0. The maximum absolute atomic E-state index is 12.9. The zero-order valence-corrected chi connectivity index (χ0v) is 18.1. The first-order valence-electron chi connectivity index (χ1n) is 10.7. The Hall–Kier alpha value is -3.07. The molecule has 176 valence electrons. The van der Waals surface area contributed by atoms with Crippen molar-refractivity contribution in [3.8, 4) is 5.75 Å². The average Bonchev–Trinajstić information content (AvgIpc) is 2.76. The average molecular weight is 463 g/mol. The minimum Gasteiger partial charge on any atom is -0.490 e. The molecule has 0 radical (unpaired) electrons. The van der Waals surface area contributed by atoms with E-state index in [4.69, 9.17) is 14.2 Å². The van der Waals surface area contributed by atoms with Crippen LogP contribution in [-0.2, 0) is 26.0 Å². The normalized spacial score (nSPS) is 18.4. The summed E-state index contributed by atoms with van der Waals surface area (Å²) in [5, 5.41) is 0. The number of benzene rings is 2. The summed E-state index contributed by atoms with van der Waals surface area (Å²) in [6.45, 7) is 2.88. The molecule has 0 saturated carbocycles. The fourth-order valence-corrected chi connectivity index (χ4v) is 4.04. The van der Waals surface area contributed by atoms with Crippen LogP contribution in [-0.4, -0.2) is 49.2 Å². The lowest BCUT2D eigenvalue weighted by Crippen LogP contribution is -2.50. The number of amides is 1. The Labute approximate surface area is 189 Å². The Kier molecular flexibility index (Phi) is 6.34. The Bertz CT molecular complexity index is 992. The lowest BCUT2D eigenvalue weighted by atomic mass is 9.91. The number of carbonyl (C=O) groups excluding carboxylic acids is 2. The van der Waals surface area contributed by atoms with Gasteiger partial charge in [0.2, 0.25) is 0 Å². The minimum absolute atomic E-state index is 0.110. The van der Waals surface area contributed by atoms with Crippen molar-refractivity contribution < 1.29 is 37.0 Å². The number of rotatable bonds is 5. The molecule has 0 atom stereocenters. The summed E-state index contributed by atoms with van der Waals surface area (Å²) in [5.41, 5.74) is -0.199. The molecule has 6 nitrogen and oxygen atoms in total. The topological polar surface area (TPSA) is 65.1 Å². The summed E-state index contributed by atoms with van der Waals surface area (Å²) >= 11 is 0. The number of halogens is 3. The predicted octanol–water partition coefficient (Wildman–Crippen LogP) is 4.18. The van der Waals surface area contributed by atoms with Crippen molar-refractivity contribution >= 4 is 11.9 Å². The standard InChI is InChI=1S/C24H24F3NO5/c1-16(29)33-23(14-31-15-23)18-4-2-17(3-5-18)22(30)28-12-10-21(11-13-28)32-20-8-6-19(7-9-20)24(25,26)27/h2-9,21H,10-15H2,1H3. The molecule has 2 aromatic rings. The van der Waals surface area contributed by atoms with E-state index < -0.39 is 17.3 Å². The van der Waals surface area contributed by atoms with Crippen molar-refractivity contribution in [1.29, 1.82) is 0 Å². The van der Waals surface area contributed by atoms with Crippen LogP contribution in [0.15, 0.2) is 48.5 Å². The van der Waals surface area contributed by atoms with Crippen molar-refractivity contribution in [2.45, 2.75) is 37.6 Å². The molecule has 2 aromatic carbocycles. The quantitative estimate of drug-likeness (QED) is 0.623. The van der Waals surface area contributed by atoms with E-state index in [2.05, 4.69) is 0 Å². The molecule has 2 fully saturated rings. The molecule has 0 aliphatic carbocycles. The van der Waals surface area contributed by atoms with Crippen LogP contribution in [0.1, 0.15) is 41.3 Å². The van der Waals surface area contributed by atoms with E-state index in [9.17, 15) is 22.8 Å². The Morgan fingerprint density at radius 2 is 1.61 bits per heavy atom. The number of ether oxygens (including phenoxy) is 3. The lowest BCUT2D eigenvalue weighted by molar-refractivity contribution is -0.216. The van der Waals surface area contributed by atoms with Gasteiger partial charge in [-0.1, -0.05) is 12.1 Å².